The van der Waals surface area contributed by atoms with Gasteiger partial charge in [-0.2, -0.15) is 0 Å². The highest BCUT2D eigenvalue weighted by Gasteiger charge is 2.38. The number of fused-ring (bicyclic) bond motifs is 3. The maximum absolute atomic E-state index is 13.4. The lowest BCUT2D eigenvalue weighted by Crippen LogP contribution is -2.41. The number of ether oxygens (including phenoxy) is 1. The lowest BCUT2D eigenvalue weighted by atomic mass is 9.76. The van der Waals surface area contributed by atoms with Gasteiger partial charge in [0.1, 0.15) is 5.75 Å². The minimum atomic E-state index is -0.278. The van der Waals surface area contributed by atoms with Crippen molar-refractivity contribution in [1.29, 1.82) is 0 Å². The van der Waals surface area contributed by atoms with Gasteiger partial charge in [0.15, 0.2) is 5.78 Å². The van der Waals surface area contributed by atoms with Gasteiger partial charge in [0.05, 0.1) is 12.8 Å². The van der Waals surface area contributed by atoms with Crippen molar-refractivity contribution in [1.82, 2.24) is 9.88 Å². The van der Waals surface area contributed by atoms with Crippen molar-refractivity contribution in [3.63, 3.8) is 0 Å². The number of hydrogen-bond donors (Lipinski definition) is 0. The molecule has 0 spiro atoms. The summed E-state index contributed by atoms with van der Waals surface area (Å²) in [4.78, 5) is 33.3. The van der Waals surface area contributed by atoms with Crippen LogP contribution >= 0.6 is 31.9 Å². The van der Waals surface area contributed by atoms with E-state index in [0.717, 1.165) is 51.5 Å². The molecule has 0 radical (unpaired) electrons. The van der Waals surface area contributed by atoms with Gasteiger partial charge < -0.3 is 9.64 Å². The van der Waals surface area contributed by atoms with Crippen LogP contribution in [0.3, 0.4) is 0 Å². The first-order valence-electron chi connectivity index (χ1n) is 15.2. The Balaban J connectivity index is 0.00000113. The predicted molar refractivity (Wildman–Crippen MR) is 174 cm³/mol. The Morgan fingerprint density at radius 2 is 1.74 bits per heavy atom. The molecule has 2 atom stereocenters. The molecule has 1 aromatic heterocycles. The van der Waals surface area contributed by atoms with Gasteiger partial charge in [-0.05, 0) is 119 Å². The number of rotatable bonds is 4. The van der Waals surface area contributed by atoms with Crippen LogP contribution in [0.1, 0.15) is 89.3 Å². The molecule has 0 saturated carbocycles. The predicted octanol–water partition coefficient (Wildman–Crippen LogP) is 8.25. The number of hydrogen-bond acceptors (Lipinski definition) is 4. The van der Waals surface area contributed by atoms with Crippen LogP contribution in [0.4, 0.5) is 0 Å². The number of carbonyl (C=O) groups excluding carboxylic acids is 2. The fourth-order valence-electron chi connectivity index (χ4n) is 6.89. The van der Waals surface area contributed by atoms with Crippen LogP contribution in [-0.2, 0) is 24.1 Å². The second kappa shape index (κ2) is 13.4. The largest absolute Gasteiger partial charge is 0.497 e. The molecular weight excluding hydrogens is 656 g/mol. The SMILES string of the molecule is CCC.COc1ccc2c(c1)CC(CC(=O)N1CCC(C3c4ncc(Br)cc4CCc4cc(C)cc(Br)c43)CC1)C2=O. The third-order valence-electron chi connectivity index (χ3n) is 8.80. The monoisotopic (exact) mass is 694 g/mol. The highest BCUT2D eigenvalue weighted by atomic mass is 79.9. The van der Waals surface area contributed by atoms with Crippen molar-refractivity contribution in [2.75, 3.05) is 20.2 Å². The molecule has 2 unspecified atom stereocenters. The zero-order chi connectivity index (χ0) is 30.0. The highest BCUT2D eigenvalue weighted by molar-refractivity contribution is 9.10. The van der Waals surface area contributed by atoms with Gasteiger partial charge in [0.25, 0.3) is 0 Å². The summed E-state index contributed by atoms with van der Waals surface area (Å²) in [7, 11) is 1.63. The molecule has 2 heterocycles. The summed E-state index contributed by atoms with van der Waals surface area (Å²) in [5.41, 5.74) is 8.24. The van der Waals surface area contributed by atoms with E-state index in [0.29, 0.717) is 25.4 Å². The van der Waals surface area contributed by atoms with Crippen molar-refractivity contribution in [3.8, 4) is 5.75 Å². The molecule has 222 valence electrons. The zero-order valence-corrected chi connectivity index (χ0v) is 28.2. The number of aromatic nitrogens is 1. The molecule has 1 aliphatic heterocycles. The summed E-state index contributed by atoms with van der Waals surface area (Å²) >= 11 is 7.54. The summed E-state index contributed by atoms with van der Waals surface area (Å²) in [6, 6.07) is 12.4. The average molecular weight is 697 g/mol. The number of carbonyl (C=O) groups is 2. The summed E-state index contributed by atoms with van der Waals surface area (Å²) < 4.78 is 7.50. The molecule has 0 bridgehead atoms. The summed E-state index contributed by atoms with van der Waals surface area (Å²) in [5, 5.41) is 0. The van der Waals surface area contributed by atoms with Gasteiger partial charge in [0.2, 0.25) is 5.91 Å². The fourth-order valence-corrected chi connectivity index (χ4v) is 8.13. The van der Waals surface area contributed by atoms with Crippen LogP contribution in [0.15, 0.2) is 51.5 Å². The number of likely N-dealkylation sites (tertiary alicyclic amines) is 1. The van der Waals surface area contributed by atoms with Crippen LogP contribution in [0.5, 0.6) is 5.75 Å². The van der Waals surface area contributed by atoms with E-state index in [2.05, 4.69) is 70.8 Å². The number of benzene rings is 2. The van der Waals surface area contributed by atoms with Crippen molar-refractivity contribution in [2.45, 2.75) is 71.6 Å². The third-order valence-corrected chi connectivity index (χ3v) is 9.89. The molecule has 1 saturated heterocycles. The normalized spacial score (nSPS) is 19.7. The molecule has 6 rings (SSSR count). The Morgan fingerprint density at radius 1 is 1.02 bits per heavy atom. The van der Waals surface area contributed by atoms with Gasteiger partial charge in [-0.15, -0.1) is 0 Å². The third kappa shape index (κ3) is 6.37. The fraction of sp³-hybridized carbons (Fsp3) is 0.457. The first kappa shape index (κ1) is 30.9. The maximum atomic E-state index is 13.4. The molecule has 42 heavy (non-hydrogen) atoms. The van der Waals surface area contributed by atoms with Crippen LogP contribution in [-0.4, -0.2) is 41.8 Å². The molecule has 3 aromatic rings. The second-order valence-electron chi connectivity index (χ2n) is 11.9. The summed E-state index contributed by atoms with van der Waals surface area (Å²) in [5.74, 6) is 1.23. The quantitative estimate of drug-likeness (QED) is 0.276. The number of nitrogens with zero attached hydrogens (tertiary/aromatic N) is 2. The topological polar surface area (TPSA) is 59.5 Å². The highest BCUT2D eigenvalue weighted by Crippen LogP contribution is 2.46. The van der Waals surface area contributed by atoms with Crippen LogP contribution in [0, 0.1) is 18.8 Å². The minimum Gasteiger partial charge on any atom is -0.497 e. The Bertz CT molecular complexity index is 1480. The lowest BCUT2D eigenvalue weighted by Gasteiger charge is -2.37. The summed E-state index contributed by atoms with van der Waals surface area (Å²) in [6.45, 7) is 7.83. The van der Waals surface area contributed by atoms with E-state index in [9.17, 15) is 9.59 Å². The Kier molecular flexibility index (Phi) is 9.88. The number of halogens is 2. The number of ketones is 1. The van der Waals surface area contributed by atoms with Gasteiger partial charge in [0, 0.05) is 52.1 Å². The average Bonchev–Trinajstić information content (AvgIpc) is 3.18. The van der Waals surface area contributed by atoms with Crippen LogP contribution in [0.2, 0.25) is 0 Å². The number of amides is 1. The molecule has 3 aliphatic rings. The van der Waals surface area contributed by atoms with Gasteiger partial charge >= 0.3 is 0 Å². The van der Waals surface area contributed by atoms with Crippen LogP contribution < -0.4 is 4.74 Å². The Labute approximate surface area is 266 Å². The minimum absolute atomic E-state index is 0.0833. The second-order valence-corrected chi connectivity index (χ2v) is 13.7. The van der Waals surface area contributed by atoms with E-state index in [-0.39, 0.29) is 29.9 Å². The van der Waals surface area contributed by atoms with E-state index in [1.54, 1.807) is 7.11 Å². The molecule has 2 aromatic carbocycles. The number of aryl methyl sites for hydroxylation is 3. The van der Waals surface area contributed by atoms with E-state index in [1.807, 2.05) is 29.3 Å². The molecule has 1 amide bonds. The van der Waals surface area contributed by atoms with Crippen molar-refractivity contribution >= 4 is 43.6 Å². The standard InChI is InChI=1S/C32H32Br2N2O3.C3H8/c1-18-11-20-3-4-21-14-24(33)17-35-31(21)30(29(20)27(34)12-18)19-7-9-36(10-8-19)28(37)16-23-13-22-15-25(39-2)5-6-26(22)32(23)38;1-3-2/h5-6,11-12,14-15,17,19,23,30H,3-4,7-10,13,16H2,1-2H3;3H2,1-2H3. The molecule has 2 aliphatic carbocycles. The number of piperidine rings is 1. The molecule has 7 heteroatoms. The van der Waals surface area contributed by atoms with E-state index < -0.39 is 0 Å². The van der Waals surface area contributed by atoms with E-state index in [1.165, 1.54) is 34.4 Å². The van der Waals surface area contributed by atoms with Crippen LogP contribution in [0.25, 0.3) is 0 Å². The summed E-state index contributed by atoms with van der Waals surface area (Å²) in [6.07, 6.45) is 7.87. The number of pyridine rings is 1. The van der Waals surface area contributed by atoms with Gasteiger partial charge in [-0.25, -0.2) is 0 Å². The Hall–Kier alpha value is -2.51. The first-order chi connectivity index (χ1) is 20.2. The molecular formula is C35H40Br2N2O3. The maximum Gasteiger partial charge on any atom is 0.223 e. The Morgan fingerprint density at radius 3 is 2.45 bits per heavy atom. The first-order valence-corrected chi connectivity index (χ1v) is 16.7. The smallest absolute Gasteiger partial charge is 0.223 e. The van der Waals surface area contributed by atoms with Gasteiger partial charge in [-0.3, -0.25) is 14.6 Å². The molecule has 0 N–H and O–H groups in total. The van der Waals surface area contributed by atoms with Crippen molar-refractivity contribution in [3.05, 3.63) is 90.6 Å². The van der Waals surface area contributed by atoms with E-state index in [4.69, 9.17) is 9.72 Å². The van der Waals surface area contributed by atoms with E-state index >= 15 is 0 Å². The number of Topliss-reactive ketones (excluding diaryl/α,β-unsaturated/α-hetero) is 1. The molecule has 5 nitrogen and oxygen atoms in total. The van der Waals surface area contributed by atoms with Gasteiger partial charge in [-0.1, -0.05) is 42.3 Å². The molecule has 1 fully saturated rings. The zero-order valence-electron chi connectivity index (χ0n) is 25.0. The van der Waals surface area contributed by atoms with Crippen molar-refractivity contribution in [2.24, 2.45) is 11.8 Å². The van der Waals surface area contributed by atoms with Crippen molar-refractivity contribution < 1.29 is 14.3 Å². The number of methoxy groups -OCH3 is 1. The lowest BCUT2D eigenvalue weighted by molar-refractivity contribution is -0.133.